The Kier molecular flexibility index (Phi) is 5.36. The third-order valence-corrected chi connectivity index (χ3v) is 3.01. The lowest BCUT2D eigenvalue weighted by molar-refractivity contribution is 0.342. The fourth-order valence-corrected chi connectivity index (χ4v) is 2.16. The lowest BCUT2D eigenvalue weighted by atomic mass is 10.7. The van der Waals surface area contributed by atoms with Gasteiger partial charge in [0.2, 0.25) is 8.32 Å². The minimum Gasteiger partial charge on any atom is -0.412 e. The van der Waals surface area contributed by atoms with Crippen molar-refractivity contribution in [1.29, 1.82) is 0 Å². The zero-order chi connectivity index (χ0) is 8.74. The van der Waals surface area contributed by atoms with Crippen LogP contribution in [0.1, 0.15) is 6.92 Å². The van der Waals surface area contributed by atoms with Gasteiger partial charge in [0.15, 0.2) is 0 Å². The molecule has 11 heavy (non-hydrogen) atoms. The van der Waals surface area contributed by atoms with Gasteiger partial charge in [-0.2, -0.15) is 0 Å². The van der Waals surface area contributed by atoms with E-state index in [0.717, 1.165) is 6.61 Å². The Morgan fingerprint density at radius 1 is 1.55 bits per heavy atom. The largest absolute Gasteiger partial charge is 0.412 e. The summed E-state index contributed by atoms with van der Waals surface area (Å²) in [5.74, 6) is 1.95. The van der Waals surface area contributed by atoms with Crippen molar-refractivity contribution in [2.24, 2.45) is 10.7 Å². The van der Waals surface area contributed by atoms with Crippen LogP contribution in [0.25, 0.3) is 0 Å². The van der Waals surface area contributed by atoms with E-state index in [2.05, 4.69) is 18.1 Å². The summed E-state index contributed by atoms with van der Waals surface area (Å²) in [4.78, 5) is 4.17. The van der Waals surface area contributed by atoms with Gasteiger partial charge in [-0.3, -0.25) is 4.99 Å². The molecule has 0 saturated carbocycles. The third-order valence-electron chi connectivity index (χ3n) is 1.18. The third kappa shape index (κ3) is 6.21. The van der Waals surface area contributed by atoms with Crippen LogP contribution in [0.2, 0.25) is 13.1 Å². The molecule has 0 unspecified atom stereocenters. The van der Waals surface area contributed by atoms with E-state index in [1.54, 1.807) is 0 Å². The van der Waals surface area contributed by atoms with Crippen molar-refractivity contribution in [3.8, 4) is 0 Å². The molecule has 0 rings (SSSR count). The van der Waals surface area contributed by atoms with Gasteiger partial charge in [0.05, 0.1) is 6.54 Å². The fraction of sp³-hybridized carbons (Fsp3) is 0.857. The highest BCUT2D eigenvalue weighted by molar-refractivity contribution is 6.95. The van der Waals surface area contributed by atoms with Gasteiger partial charge in [-0.05, 0) is 20.0 Å². The van der Waals surface area contributed by atoms with E-state index in [0.29, 0.717) is 13.1 Å². The molecule has 0 bridgehead atoms. The normalized spacial score (nSPS) is 12.7. The number of nitrogens with two attached hydrogens (primary N) is 1. The predicted octanol–water partition coefficient (Wildman–Crippen LogP) is 0.797. The highest BCUT2D eigenvalue weighted by Gasteiger charge is 2.17. The summed E-state index contributed by atoms with van der Waals surface area (Å²) < 4.78 is 5.52. The molecule has 0 aliphatic heterocycles. The Labute approximate surface area is 69.8 Å². The first-order valence-electron chi connectivity index (χ1n) is 3.97. The van der Waals surface area contributed by atoms with Crippen molar-refractivity contribution in [3.63, 3.8) is 0 Å². The van der Waals surface area contributed by atoms with Gasteiger partial charge < -0.3 is 10.2 Å². The summed E-state index contributed by atoms with van der Waals surface area (Å²) in [7, 11) is -1.59. The van der Waals surface area contributed by atoms with Gasteiger partial charge >= 0.3 is 0 Å². The van der Waals surface area contributed by atoms with E-state index in [-0.39, 0.29) is 0 Å². The Morgan fingerprint density at radius 2 is 2.18 bits per heavy atom. The Morgan fingerprint density at radius 3 is 2.64 bits per heavy atom. The fourth-order valence-electron chi connectivity index (χ4n) is 0.768. The lowest BCUT2D eigenvalue weighted by Gasteiger charge is -2.15. The van der Waals surface area contributed by atoms with E-state index in [4.69, 9.17) is 10.2 Å². The second-order valence-corrected chi connectivity index (χ2v) is 6.61. The van der Waals surface area contributed by atoms with E-state index in [1.807, 2.05) is 12.8 Å². The average molecular weight is 174 g/mol. The molecule has 66 valence electrons. The molecule has 0 amide bonds. The maximum Gasteiger partial charge on any atom is 0.228 e. The van der Waals surface area contributed by atoms with Crippen molar-refractivity contribution in [2.45, 2.75) is 20.0 Å². The molecule has 3 nitrogen and oxygen atoms in total. The summed E-state index contributed by atoms with van der Waals surface area (Å²) in [6, 6.07) is 0. The monoisotopic (exact) mass is 174 g/mol. The number of aliphatic imine (C=N–C) groups is 1. The zero-order valence-corrected chi connectivity index (χ0v) is 8.63. The molecule has 2 N–H and O–H groups in total. The first-order chi connectivity index (χ1) is 5.12. The molecule has 0 aromatic heterocycles. The summed E-state index contributed by atoms with van der Waals surface area (Å²) >= 11 is 0. The highest BCUT2D eigenvalue weighted by Crippen LogP contribution is 1.99. The molecule has 0 heterocycles. The lowest BCUT2D eigenvalue weighted by Crippen LogP contribution is -2.33. The predicted molar refractivity (Wildman–Crippen MR) is 51.5 cm³/mol. The topological polar surface area (TPSA) is 47.6 Å². The summed E-state index contributed by atoms with van der Waals surface area (Å²) in [5, 5.41) is 0. The molecule has 0 fully saturated rings. The smallest absolute Gasteiger partial charge is 0.228 e. The first-order valence-corrected chi connectivity index (χ1v) is 6.96. The van der Waals surface area contributed by atoms with E-state index >= 15 is 0 Å². The zero-order valence-electron chi connectivity index (χ0n) is 7.63. The molecular weight excluding hydrogens is 156 g/mol. The van der Waals surface area contributed by atoms with Crippen LogP contribution >= 0.6 is 0 Å². The van der Waals surface area contributed by atoms with Crippen molar-refractivity contribution >= 4 is 14.2 Å². The summed E-state index contributed by atoms with van der Waals surface area (Å²) in [5.41, 5.74) is 5.29. The molecule has 0 radical (unpaired) electrons. The second kappa shape index (κ2) is 5.46. The number of nitrogens with zero attached hydrogens (tertiary/aromatic N) is 1. The van der Waals surface area contributed by atoms with E-state index < -0.39 is 8.32 Å². The Hall–Kier alpha value is -0.193. The van der Waals surface area contributed by atoms with Gasteiger partial charge in [-0.25, -0.2) is 0 Å². The van der Waals surface area contributed by atoms with Crippen molar-refractivity contribution < 1.29 is 4.43 Å². The summed E-state index contributed by atoms with van der Waals surface area (Å²) in [6.45, 7) is 8.35. The van der Waals surface area contributed by atoms with Gasteiger partial charge in [0.1, 0.15) is 0 Å². The van der Waals surface area contributed by atoms with Gasteiger partial charge in [0, 0.05) is 19.0 Å². The molecule has 0 saturated heterocycles. The van der Waals surface area contributed by atoms with Gasteiger partial charge in [-0.15, -0.1) is 0 Å². The maximum absolute atomic E-state index is 5.52. The molecule has 0 aromatic carbocycles. The number of rotatable bonds is 5. The van der Waals surface area contributed by atoms with Crippen LogP contribution < -0.4 is 5.73 Å². The van der Waals surface area contributed by atoms with Crippen molar-refractivity contribution in [3.05, 3.63) is 0 Å². The molecule has 4 heteroatoms. The molecule has 0 spiro atoms. The van der Waals surface area contributed by atoms with E-state index in [9.17, 15) is 0 Å². The maximum atomic E-state index is 5.52. The quantitative estimate of drug-likeness (QED) is 0.495. The van der Waals surface area contributed by atoms with Crippen LogP contribution in [-0.4, -0.2) is 33.9 Å². The van der Waals surface area contributed by atoms with Gasteiger partial charge in [-0.1, -0.05) is 0 Å². The van der Waals surface area contributed by atoms with Crippen molar-refractivity contribution in [1.82, 2.24) is 0 Å². The average Bonchev–Trinajstić information content (AvgIpc) is 1.87. The molecule has 0 aliphatic carbocycles. The first kappa shape index (κ1) is 10.8. The van der Waals surface area contributed by atoms with Crippen LogP contribution in [0.15, 0.2) is 4.99 Å². The number of hydrogen-bond acceptors (Lipinski definition) is 3. The minimum absolute atomic E-state index is 0.618. The van der Waals surface area contributed by atoms with Crippen molar-refractivity contribution in [2.75, 3.05) is 19.7 Å². The summed E-state index contributed by atoms with van der Waals surface area (Å²) in [6.07, 6.45) is 0. The Balaban J connectivity index is 3.69. The number of hydrogen-bond donors (Lipinski definition) is 1. The van der Waals surface area contributed by atoms with Gasteiger partial charge in [0.25, 0.3) is 0 Å². The van der Waals surface area contributed by atoms with Crippen LogP contribution in [0, 0.1) is 0 Å². The molecule has 0 aliphatic rings. The van der Waals surface area contributed by atoms with Crippen LogP contribution in [0.4, 0.5) is 0 Å². The molecular formula is C7H18N2OSi. The Bertz CT molecular complexity index is 126. The van der Waals surface area contributed by atoms with Crippen LogP contribution in [-0.2, 0) is 4.43 Å². The van der Waals surface area contributed by atoms with E-state index in [1.165, 1.54) is 0 Å². The van der Waals surface area contributed by atoms with Crippen LogP contribution in [0.5, 0.6) is 0 Å². The standard InChI is InChI=1S/C7H18N2OSi/c1-4-10-11(2,3)7-9-6-5-8/h7H,4-6,8H2,1-3H3. The molecule has 0 atom stereocenters. The second-order valence-electron chi connectivity index (χ2n) is 2.86. The highest BCUT2D eigenvalue weighted by atomic mass is 28.4. The van der Waals surface area contributed by atoms with Crippen LogP contribution in [0.3, 0.4) is 0 Å². The SMILES string of the molecule is CCO[Si](C)(C)C=NCCN. The minimum atomic E-state index is -1.59. The molecule has 0 aromatic rings.